The third-order valence-electron chi connectivity index (χ3n) is 11.5. The molecule has 0 aromatic heterocycles. The molecular formula is C48H46N2O3. The molecule has 266 valence electrons. The minimum atomic E-state index is -0.487. The lowest BCUT2D eigenvalue weighted by atomic mass is 9.77. The van der Waals surface area contributed by atoms with Crippen LogP contribution in [-0.4, -0.2) is 28.7 Å². The molecule has 0 fully saturated rings. The Morgan fingerprint density at radius 3 is 1.74 bits per heavy atom. The highest BCUT2D eigenvalue weighted by atomic mass is 16.2. The summed E-state index contributed by atoms with van der Waals surface area (Å²) in [5.41, 5.74) is 11.1. The molecule has 2 N–H and O–H groups in total. The Bertz CT molecular complexity index is 2550. The summed E-state index contributed by atoms with van der Waals surface area (Å²) in [4.78, 5) is 43.5. The second-order valence-electron chi connectivity index (χ2n) is 16.1. The molecule has 53 heavy (non-hydrogen) atoms. The van der Waals surface area contributed by atoms with Crippen LogP contribution in [-0.2, 0) is 6.42 Å². The average Bonchev–Trinajstić information content (AvgIpc) is 3.12. The molecule has 0 saturated carbocycles. The van der Waals surface area contributed by atoms with Crippen LogP contribution in [0, 0.1) is 53.8 Å². The summed E-state index contributed by atoms with van der Waals surface area (Å²) in [7, 11) is 0. The molecule has 1 aliphatic heterocycles. The first-order valence-corrected chi connectivity index (χ1v) is 18.7. The lowest BCUT2D eigenvalue weighted by Gasteiger charge is -2.38. The number of nitrogens with two attached hydrogens (primary N) is 1. The number of carbonyl (C=O) groups excluding carboxylic acids is 3. The zero-order valence-corrected chi connectivity index (χ0v) is 31.8. The van der Waals surface area contributed by atoms with Gasteiger partial charge in [0.1, 0.15) is 0 Å². The maximum atomic E-state index is 14.4. The Labute approximate surface area is 312 Å². The van der Waals surface area contributed by atoms with Gasteiger partial charge in [0, 0.05) is 50.2 Å². The van der Waals surface area contributed by atoms with Crippen LogP contribution in [0.25, 0.3) is 43.1 Å². The Kier molecular flexibility index (Phi) is 9.03. The van der Waals surface area contributed by atoms with Crippen LogP contribution in [0.5, 0.6) is 0 Å². The smallest absolute Gasteiger partial charge is 0.261 e. The van der Waals surface area contributed by atoms with E-state index in [-0.39, 0.29) is 29.7 Å². The van der Waals surface area contributed by atoms with E-state index in [0.29, 0.717) is 39.8 Å². The average molecular weight is 699 g/mol. The SMILES string of the molecule is C#Cc1ccc(C#Cc2cc(CC(C(C)C)C(C)C)c3c(C(N)=O)ccc4c5ccc6c7c(ccc(c2c34)c75)C(=O)N(C(C(C)C)C(C)C)C6=O)cc1. The fourth-order valence-electron chi connectivity index (χ4n) is 9.18. The van der Waals surface area contributed by atoms with Gasteiger partial charge in [-0.3, -0.25) is 19.3 Å². The maximum Gasteiger partial charge on any atom is 0.261 e. The Morgan fingerprint density at radius 2 is 1.19 bits per heavy atom. The molecule has 0 aliphatic carbocycles. The van der Waals surface area contributed by atoms with E-state index in [9.17, 15) is 14.4 Å². The summed E-state index contributed by atoms with van der Waals surface area (Å²) >= 11 is 0. The van der Waals surface area contributed by atoms with Crippen LogP contribution in [0.3, 0.4) is 0 Å². The molecule has 1 aliphatic rings. The van der Waals surface area contributed by atoms with Crippen molar-refractivity contribution in [2.75, 3.05) is 0 Å². The Balaban J connectivity index is 1.62. The van der Waals surface area contributed by atoms with Crippen molar-refractivity contribution in [2.45, 2.75) is 67.9 Å². The van der Waals surface area contributed by atoms with E-state index < -0.39 is 5.91 Å². The molecule has 5 heteroatoms. The minimum Gasteiger partial charge on any atom is -0.366 e. The molecule has 3 amide bonds. The number of terminal acetylenes is 1. The Hall–Kier alpha value is -5.65. The van der Waals surface area contributed by atoms with Gasteiger partial charge in [-0.05, 0) is 122 Å². The number of primary amides is 1. The highest BCUT2D eigenvalue weighted by Crippen LogP contribution is 2.47. The topological polar surface area (TPSA) is 80.5 Å². The van der Waals surface area contributed by atoms with Crippen LogP contribution < -0.4 is 5.73 Å². The lowest BCUT2D eigenvalue weighted by Crippen LogP contribution is -2.51. The second-order valence-corrected chi connectivity index (χ2v) is 16.1. The number of fused-ring (bicyclic) bond motifs is 2. The largest absolute Gasteiger partial charge is 0.366 e. The molecule has 5 nitrogen and oxygen atoms in total. The third-order valence-corrected chi connectivity index (χ3v) is 11.5. The van der Waals surface area contributed by atoms with E-state index >= 15 is 0 Å². The highest BCUT2D eigenvalue weighted by Gasteiger charge is 2.40. The maximum absolute atomic E-state index is 14.4. The van der Waals surface area contributed by atoms with Gasteiger partial charge in [-0.1, -0.05) is 91.4 Å². The zero-order valence-electron chi connectivity index (χ0n) is 31.8. The number of hydrogen-bond donors (Lipinski definition) is 1. The normalized spacial score (nSPS) is 13.3. The number of benzene rings is 6. The van der Waals surface area contributed by atoms with E-state index in [1.54, 1.807) is 0 Å². The number of hydrogen-bond acceptors (Lipinski definition) is 3. The first-order valence-electron chi connectivity index (χ1n) is 18.7. The summed E-state index contributed by atoms with van der Waals surface area (Å²) in [5, 5.41) is 6.87. The second kappa shape index (κ2) is 13.4. The van der Waals surface area contributed by atoms with Gasteiger partial charge in [-0.25, -0.2) is 0 Å². The molecule has 0 bridgehead atoms. The third kappa shape index (κ3) is 5.71. The summed E-state index contributed by atoms with van der Waals surface area (Å²) in [6.45, 7) is 17.2. The molecule has 7 rings (SSSR count). The quantitative estimate of drug-likeness (QED) is 0.0744. The fraction of sp³-hybridized carbons (Fsp3) is 0.312. The number of imide groups is 1. The number of nitrogens with zero attached hydrogens (tertiary/aromatic N) is 1. The molecule has 1 heterocycles. The van der Waals surface area contributed by atoms with Gasteiger partial charge in [-0.2, -0.15) is 0 Å². The Morgan fingerprint density at radius 1 is 0.642 bits per heavy atom. The zero-order chi connectivity index (χ0) is 38.0. The standard InChI is InChI=1S/C48H46N2O3/c1-10-29-11-13-30(14-12-29)15-16-31-23-32(24-39(25(2)3)26(4)5)41-36(46(49)51)20-17-34-33-18-21-37-43-38(22-19-35(42(33)43)40(31)44(34)41)48(53)50(47(37)52)45(27(6)7)28(8)9/h1,11-14,17-23,25-28,39,45H,24H2,2-9H3,(H2,49,51). The van der Waals surface area contributed by atoms with Gasteiger partial charge in [0.2, 0.25) is 5.91 Å². The van der Waals surface area contributed by atoms with Crippen molar-refractivity contribution in [2.24, 2.45) is 35.3 Å². The van der Waals surface area contributed by atoms with Gasteiger partial charge in [0.15, 0.2) is 0 Å². The van der Waals surface area contributed by atoms with E-state index in [4.69, 9.17) is 12.2 Å². The molecule has 6 aromatic carbocycles. The molecule has 0 spiro atoms. The summed E-state index contributed by atoms with van der Waals surface area (Å²) < 4.78 is 0. The first kappa shape index (κ1) is 35.7. The molecule has 0 atom stereocenters. The van der Waals surface area contributed by atoms with E-state index in [2.05, 4.69) is 79.2 Å². The van der Waals surface area contributed by atoms with Crippen molar-refractivity contribution < 1.29 is 14.4 Å². The van der Waals surface area contributed by atoms with Crippen molar-refractivity contribution in [1.82, 2.24) is 4.90 Å². The van der Waals surface area contributed by atoms with E-state index in [0.717, 1.165) is 66.4 Å². The molecule has 6 aromatic rings. The van der Waals surface area contributed by atoms with Crippen molar-refractivity contribution >= 4 is 60.8 Å². The van der Waals surface area contributed by atoms with Gasteiger partial charge in [0.05, 0.1) is 0 Å². The minimum absolute atomic E-state index is 0.0883. The number of amides is 3. The summed E-state index contributed by atoms with van der Waals surface area (Å²) in [6.07, 6.45) is 6.36. The van der Waals surface area contributed by atoms with Crippen molar-refractivity contribution in [1.29, 1.82) is 0 Å². The van der Waals surface area contributed by atoms with Crippen LogP contribution in [0.2, 0.25) is 0 Å². The van der Waals surface area contributed by atoms with Gasteiger partial charge >= 0.3 is 0 Å². The predicted molar refractivity (Wildman–Crippen MR) is 217 cm³/mol. The van der Waals surface area contributed by atoms with Crippen LogP contribution in [0.1, 0.15) is 109 Å². The molecule has 0 unspecified atom stereocenters. The molecular weight excluding hydrogens is 653 g/mol. The first-order chi connectivity index (χ1) is 25.2. The number of rotatable bonds is 8. The highest BCUT2D eigenvalue weighted by molar-refractivity contribution is 6.40. The summed E-state index contributed by atoms with van der Waals surface area (Å²) in [5.74, 6) is 9.88. The van der Waals surface area contributed by atoms with Crippen LogP contribution in [0.4, 0.5) is 0 Å². The van der Waals surface area contributed by atoms with Gasteiger partial charge < -0.3 is 5.73 Å². The fourth-order valence-corrected chi connectivity index (χ4v) is 9.18. The predicted octanol–water partition coefficient (Wildman–Crippen LogP) is 9.96. The van der Waals surface area contributed by atoms with Crippen molar-refractivity contribution in [3.63, 3.8) is 0 Å². The monoisotopic (exact) mass is 698 g/mol. The van der Waals surface area contributed by atoms with Gasteiger partial charge in [0.25, 0.3) is 11.8 Å². The van der Waals surface area contributed by atoms with E-state index in [1.807, 2.05) is 60.7 Å². The summed E-state index contributed by atoms with van der Waals surface area (Å²) in [6, 6.07) is 21.1. The van der Waals surface area contributed by atoms with Crippen molar-refractivity contribution in [3.05, 3.63) is 106 Å². The molecule has 0 radical (unpaired) electrons. The van der Waals surface area contributed by atoms with Crippen LogP contribution >= 0.6 is 0 Å². The van der Waals surface area contributed by atoms with Crippen LogP contribution in [0.15, 0.2) is 66.7 Å². The van der Waals surface area contributed by atoms with Crippen molar-refractivity contribution in [3.8, 4) is 24.2 Å². The van der Waals surface area contributed by atoms with Gasteiger partial charge in [-0.15, -0.1) is 6.42 Å². The van der Waals surface area contributed by atoms with E-state index in [1.165, 1.54) is 4.90 Å². The number of carbonyl (C=O) groups is 3. The molecule has 0 saturated heterocycles. The lowest BCUT2D eigenvalue weighted by molar-refractivity contribution is 0.0436.